The highest BCUT2D eigenvalue weighted by molar-refractivity contribution is 7.21. The molecule has 2 aromatic heterocycles. The number of rotatable bonds is 4. The average molecular weight is 346 g/mol. The molecule has 2 heterocycles. The topological polar surface area (TPSA) is 29.3 Å². The quantitative estimate of drug-likeness (QED) is 0.468. The predicted octanol–water partition coefficient (Wildman–Crippen LogP) is 5.79. The van der Waals surface area contributed by atoms with Crippen LogP contribution in [-0.2, 0) is 0 Å². The van der Waals surface area contributed by atoms with Gasteiger partial charge in [-0.25, -0.2) is 4.98 Å². The van der Waals surface area contributed by atoms with Crippen molar-refractivity contribution in [3.05, 3.63) is 72.0 Å². The van der Waals surface area contributed by atoms with Crippen LogP contribution in [0, 0.1) is 0 Å². The molecule has 0 saturated heterocycles. The van der Waals surface area contributed by atoms with Crippen LogP contribution in [0.1, 0.15) is 11.3 Å². The van der Waals surface area contributed by atoms with Crippen molar-refractivity contribution < 1.29 is 4.42 Å². The zero-order chi connectivity index (χ0) is 17.2. The highest BCUT2D eigenvalue weighted by atomic mass is 32.1. The molecular formula is C21H18N2OS. The van der Waals surface area contributed by atoms with Crippen LogP contribution in [0.5, 0.6) is 0 Å². The molecule has 124 valence electrons. The molecule has 2 aromatic carbocycles. The lowest BCUT2D eigenvalue weighted by atomic mass is 10.2. The lowest BCUT2D eigenvalue weighted by Gasteiger charge is -2.11. The van der Waals surface area contributed by atoms with Gasteiger partial charge in [0.2, 0.25) is 0 Å². The van der Waals surface area contributed by atoms with Crippen molar-refractivity contribution in [3.63, 3.8) is 0 Å². The van der Waals surface area contributed by atoms with Crippen LogP contribution in [0.2, 0.25) is 0 Å². The van der Waals surface area contributed by atoms with Crippen molar-refractivity contribution in [2.75, 3.05) is 19.0 Å². The highest BCUT2D eigenvalue weighted by Gasteiger charge is 2.09. The monoisotopic (exact) mass is 346 g/mol. The van der Waals surface area contributed by atoms with Gasteiger partial charge in [-0.15, -0.1) is 11.3 Å². The first-order valence-corrected chi connectivity index (χ1v) is 8.92. The first-order valence-electron chi connectivity index (χ1n) is 8.10. The molecule has 0 amide bonds. The van der Waals surface area contributed by atoms with Gasteiger partial charge in [0.1, 0.15) is 5.76 Å². The molecule has 25 heavy (non-hydrogen) atoms. The second kappa shape index (κ2) is 6.57. The Kier molecular flexibility index (Phi) is 4.12. The fourth-order valence-electron chi connectivity index (χ4n) is 2.60. The Balaban J connectivity index is 1.54. The van der Waals surface area contributed by atoms with Gasteiger partial charge in [-0.05, 0) is 48.0 Å². The van der Waals surface area contributed by atoms with Gasteiger partial charge in [-0.1, -0.05) is 30.3 Å². The minimum Gasteiger partial charge on any atom is -0.454 e. The molecule has 4 heteroatoms. The Morgan fingerprint density at radius 3 is 2.48 bits per heavy atom. The molecule has 0 N–H and O–H groups in total. The standard InChI is InChI=1S/C21H18N2OS/c1-23(2)16-10-7-15(8-11-16)9-12-17-13-14-19(24-17)21-22-18-5-3-4-6-20(18)25-21/h3-14H,1-2H3/b12-9+. The molecule has 0 bridgehead atoms. The van der Waals surface area contributed by atoms with Gasteiger partial charge >= 0.3 is 0 Å². The number of fused-ring (bicyclic) bond motifs is 1. The second-order valence-corrected chi connectivity index (χ2v) is 7.04. The number of aromatic nitrogens is 1. The van der Waals surface area contributed by atoms with E-state index in [9.17, 15) is 0 Å². The maximum atomic E-state index is 5.94. The number of hydrogen-bond acceptors (Lipinski definition) is 4. The van der Waals surface area contributed by atoms with Crippen LogP contribution in [0.3, 0.4) is 0 Å². The SMILES string of the molecule is CN(C)c1ccc(/C=C/c2ccc(-c3nc4ccccc4s3)o2)cc1. The van der Waals surface area contributed by atoms with E-state index in [1.54, 1.807) is 11.3 Å². The van der Waals surface area contributed by atoms with Crippen LogP contribution in [0.15, 0.2) is 65.1 Å². The Morgan fingerprint density at radius 2 is 1.72 bits per heavy atom. The third-order valence-corrected chi connectivity index (χ3v) is 5.03. The number of benzene rings is 2. The number of thiazole rings is 1. The fraction of sp³-hybridized carbons (Fsp3) is 0.0952. The highest BCUT2D eigenvalue weighted by Crippen LogP contribution is 2.31. The first-order chi connectivity index (χ1) is 12.2. The van der Waals surface area contributed by atoms with Crippen molar-refractivity contribution >= 4 is 39.4 Å². The first kappa shape index (κ1) is 15.7. The number of nitrogens with zero attached hydrogens (tertiary/aromatic N) is 2. The molecule has 0 aliphatic carbocycles. The number of furan rings is 1. The summed E-state index contributed by atoms with van der Waals surface area (Å²) in [6, 6.07) is 20.5. The molecule has 0 radical (unpaired) electrons. The summed E-state index contributed by atoms with van der Waals surface area (Å²) in [5.74, 6) is 1.63. The van der Waals surface area contributed by atoms with Crippen molar-refractivity contribution in [2.45, 2.75) is 0 Å². The maximum Gasteiger partial charge on any atom is 0.163 e. The smallest absolute Gasteiger partial charge is 0.163 e. The zero-order valence-electron chi connectivity index (χ0n) is 14.1. The van der Waals surface area contributed by atoms with Crippen molar-refractivity contribution in [1.29, 1.82) is 0 Å². The summed E-state index contributed by atoms with van der Waals surface area (Å²) in [6.07, 6.45) is 4.04. The van der Waals surface area contributed by atoms with Crippen LogP contribution < -0.4 is 4.90 Å². The molecular weight excluding hydrogens is 328 g/mol. The Labute approximate surface area is 150 Å². The fourth-order valence-corrected chi connectivity index (χ4v) is 3.52. The Morgan fingerprint density at radius 1 is 0.920 bits per heavy atom. The largest absolute Gasteiger partial charge is 0.454 e. The molecule has 0 fully saturated rings. The van der Waals surface area contributed by atoms with Gasteiger partial charge in [-0.3, -0.25) is 0 Å². The maximum absolute atomic E-state index is 5.94. The third kappa shape index (κ3) is 3.35. The van der Waals surface area contributed by atoms with E-state index in [2.05, 4.69) is 46.3 Å². The minimum absolute atomic E-state index is 0.809. The van der Waals surface area contributed by atoms with E-state index < -0.39 is 0 Å². The van der Waals surface area contributed by atoms with E-state index in [1.807, 2.05) is 50.5 Å². The lowest BCUT2D eigenvalue weighted by Crippen LogP contribution is -2.07. The third-order valence-electron chi connectivity index (χ3n) is 3.98. The molecule has 4 rings (SSSR count). The molecule has 0 aliphatic heterocycles. The zero-order valence-corrected chi connectivity index (χ0v) is 15.0. The molecule has 0 unspecified atom stereocenters. The molecule has 3 nitrogen and oxygen atoms in total. The van der Waals surface area contributed by atoms with Crippen LogP contribution in [-0.4, -0.2) is 19.1 Å². The van der Waals surface area contributed by atoms with E-state index in [0.717, 1.165) is 27.6 Å². The number of hydrogen-bond donors (Lipinski definition) is 0. The molecule has 0 spiro atoms. The van der Waals surface area contributed by atoms with Crippen LogP contribution >= 0.6 is 11.3 Å². The predicted molar refractivity (Wildman–Crippen MR) is 107 cm³/mol. The van der Waals surface area contributed by atoms with Gasteiger partial charge in [0.05, 0.1) is 10.2 Å². The van der Waals surface area contributed by atoms with Gasteiger partial charge in [0.25, 0.3) is 0 Å². The van der Waals surface area contributed by atoms with Crippen molar-refractivity contribution in [2.24, 2.45) is 0 Å². The summed E-state index contributed by atoms with van der Waals surface area (Å²) in [5, 5.41) is 0.913. The van der Waals surface area contributed by atoms with E-state index in [4.69, 9.17) is 4.42 Å². The molecule has 0 atom stereocenters. The van der Waals surface area contributed by atoms with Gasteiger partial charge in [-0.2, -0.15) is 0 Å². The van der Waals surface area contributed by atoms with Gasteiger partial charge in [0, 0.05) is 19.8 Å². The molecule has 4 aromatic rings. The summed E-state index contributed by atoms with van der Waals surface area (Å²) in [6.45, 7) is 0. The molecule has 0 aliphatic rings. The Hall–Kier alpha value is -2.85. The lowest BCUT2D eigenvalue weighted by molar-refractivity contribution is 0.572. The summed E-state index contributed by atoms with van der Waals surface area (Å²) in [5.41, 5.74) is 3.34. The second-order valence-electron chi connectivity index (χ2n) is 6.01. The normalized spacial score (nSPS) is 11.4. The van der Waals surface area contributed by atoms with Gasteiger partial charge in [0.15, 0.2) is 10.8 Å². The van der Waals surface area contributed by atoms with Gasteiger partial charge < -0.3 is 9.32 Å². The number of anilines is 1. The molecule has 0 saturated carbocycles. The number of para-hydroxylation sites is 1. The van der Waals surface area contributed by atoms with Crippen LogP contribution in [0.4, 0.5) is 5.69 Å². The van der Waals surface area contributed by atoms with Crippen molar-refractivity contribution in [1.82, 2.24) is 4.98 Å². The Bertz CT molecular complexity index is 992. The summed E-state index contributed by atoms with van der Waals surface area (Å²) in [7, 11) is 4.08. The van der Waals surface area contributed by atoms with Crippen molar-refractivity contribution in [3.8, 4) is 10.8 Å². The summed E-state index contributed by atoms with van der Waals surface area (Å²) < 4.78 is 7.11. The van der Waals surface area contributed by atoms with Crippen LogP contribution in [0.25, 0.3) is 33.1 Å². The summed E-state index contributed by atoms with van der Waals surface area (Å²) in [4.78, 5) is 6.72. The minimum atomic E-state index is 0.809. The summed E-state index contributed by atoms with van der Waals surface area (Å²) >= 11 is 1.65. The van der Waals surface area contributed by atoms with E-state index in [-0.39, 0.29) is 0 Å². The average Bonchev–Trinajstić information content (AvgIpc) is 3.26. The van der Waals surface area contributed by atoms with E-state index in [1.165, 1.54) is 10.4 Å². The van der Waals surface area contributed by atoms with E-state index >= 15 is 0 Å². The van der Waals surface area contributed by atoms with E-state index in [0.29, 0.717) is 0 Å².